The molecule has 7 heterocycles. The molecule has 3 aliphatic rings. The Morgan fingerprint density at radius 1 is 0.902 bits per heavy atom. The number of hydrogen-bond donors (Lipinski definition) is 6. The molecule has 22 nitrogen and oxygen atoms in total. The number of nitrogens with two attached hydrogens (primary N) is 1. The summed E-state index contributed by atoms with van der Waals surface area (Å²) in [5.74, 6) is 0.305. The minimum Gasteiger partial charge on any atom is -0.386 e. The number of ether oxygens (including phenoxy) is 2. The number of anilines is 2. The van der Waals surface area contributed by atoms with Crippen molar-refractivity contribution in [3.05, 3.63) is 33.4 Å². The maximum absolute atomic E-state index is 13.5. The molecule has 4 aromatic rings. The van der Waals surface area contributed by atoms with Crippen LogP contribution in [0.4, 0.5) is 11.9 Å². The van der Waals surface area contributed by atoms with E-state index in [1.54, 1.807) is 0 Å². The molecule has 0 saturated carbocycles. The van der Waals surface area contributed by atoms with Gasteiger partial charge in [-0.25, -0.2) is 9.97 Å². The van der Waals surface area contributed by atoms with Gasteiger partial charge in [0.15, 0.2) is 34.8 Å². The maximum atomic E-state index is 13.5. The lowest BCUT2D eigenvalue weighted by Gasteiger charge is -2.30. The molecule has 3 saturated heterocycles. The molecular formula is C25H32B2N10O12P2. The summed E-state index contributed by atoms with van der Waals surface area (Å²) in [5.41, 5.74) is 4.27. The third-order valence-electron chi connectivity index (χ3n) is 8.44. The van der Waals surface area contributed by atoms with Gasteiger partial charge in [0.05, 0.1) is 25.9 Å². The number of H-pyrrole nitrogens is 2. The third-order valence-corrected chi connectivity index (χ3v) is 10.5. The summed E-state index contributed by atoms with van der Waals surface area (Å²) in [4.78, 5) is 46.6. The highest BCUT2D eigenvalue weighted by Crippen LogP contribution is 2.53. The third kappa shape index (κ3) is 7.05. The highest BCUT2D eigenvalue weighted by atomic mass is 31.2. The zero-order valence-electron chi connectivity index (χ0n) is 27.0. The van der Waals surface area contributed by atoms with Crippen LogP contribution < -0.4 is 22.2 Å². The van der Waals surface area contributed by atoms with Gasteiger partial charge in [0, 0.05) is 6.54 Å². The van der Waals surface area contributed by atoms with Gasteiger partial charge in [0.25, 0.3) is 26.1 Å². The zero-order chi connectivity index (χ0) is 36.4. The Morgan fingerprint density at radius 2 is 1.39 bits per heavy atom. The number of aromatic nitrogens is 8. The van der Waals surface area contributed by atoms with E-state index < -0.39 is 88.4 Å². The van der Waals surface area contributed by atoms with Crippen LogP contribution in [0.1, 0.15) is 32.7 Å². The molecule has 3 fully saturated rings. The van der Waals surface area contributed by atoms with E-state index in [4.69, 9.17) is 48.4 Å². The molecule has 7 rings (SSSR count). The second kappa shape index (κ2) is 13.5. The van der Waals surface area contributed by atoms with Crippen LogP contribution in [0.2, 0.25) is 0 Å². The summed E-state index contributed by atoms with van der Waals surface area (Å²) >= 11 is 0. The van der Waals surface area contributed by atoms with Crippen LogP contribution in [-0.2, 0) is 36.7 Å². The number of nitrogens with one attached hydrogen (secondary N) is 3. The van der Waals surface area contributed by atoms with Crippen molar-refractivity contribution >= 4 is 64.3 Å². The van der Waals surface area contributed by atoms with Crippen molar-refractivity contribution in [2.45, 2.75) is 69.3 Å². The minimum absolute atomic E-state index is 0.0368. The lowest BCUT2D eigenvalue weighted by Crippen LogP contribution is -2.39. The first-order chi connectivity index (χ1) is 24.1. The molecule has 0 bridgehead atoms. The lowest BCUT2D eigenvalue weighted by atomic mass is 10.1. The summed E-state index contributed by atoms with van der Waals surface area (Å²) in [7, 11) is 2.73. The number of nitrogen functional groups attached to an aromatic ring is 1. The van der Waals surface area contributed by atoms with Crippen molar-refractivity contribution in [1.82, 2.24) is 39.0 Å². The first-order valence-corrected chi connectivity index (χ1v) is 18.9. The molecule has 26 heteroatoms. The molecule has 2 unspecified atom stereocenters. The van der Waals surface area contributed by atoms with Gasteiger partial charge < -0.3 is 48.8 Å². The van der Waals surface area contributed by atoms with Crippen LogP contribution in [0.15, 0.2) is 22.2 Å². The van der Waals surface area contributed by atoms with Crippen molar-refractivity contribution in [3.8, 4) is 0 Å². The number of nitrogens with zero attached hydrogens (tertiary/aromatic N) is 6. The molecule has 7 N–H and O–H groups in total. The van der Waals surface area contributed by atoms with Crippen LogP contribution in [0.5, 0.6) is 0 Å². The van der Waals surface area contributed by atoms with E-state index in [1.807, 2.05) is 13.8 Å². The second-order valence-corrected chi connectivity index (χ2v) is 15.6. The van der Waals surface area contributed by atoms with Crippen LogP contribution in [0, 0.1) is 5.92 Å². The molecular weight excluding hydrogens is 716 g/mol. The Balaban J connectivity index is 1.14. The van der Waals surface area contributed by atoms with Crippen molar-refractivity contribution in [2.75, 3.05) is 30.8 Å². The average molecular weight is 748 g/mol. The monoisotopic (exact) mass is 748 g/mol. The molecule has 270 valence electrons. The fraction of sp³-hybridized carbons (Fsp3) is 0.600. The number of aliphatic hydroxyl groups excluding tert-OH is 2. The van der Waals surface area contributed by atoms with Gasteiger partial charge in [-0.2, -0.15) is 9.97 Å². The van der Waals surface area contributed by atoms with Gasteiger partial charge >= 0.3 is 0 Å². The van der Waals surface area contributed by atoms with E-state index in [2.05, 4.69) is 35.2 Å². The van der Waals surface area contributed by atoms with Crippen molar-refractivity contribution in [2.24, 2.45) is 5.92 Å². The van der Waals surface area contributed by atoms with Crippen LogP contribution in [0.3, 0.4) is 0 Å². The van der Waals surface area contributed by atoms with Crippen LogP contribution in [0.25, 0.3) is 22.3 Å². The Bertz CT molecular complexity index is 2160. The predicted octanol–water partition coefficient (Wildman–Crippen LogP) is -0.820. The molecule has 4 radical (unpaired) electrons. The van der Waals surface area contributed by atoms with E-state index in [-0.39, 0.29) is 34.2 Å². The van der Waals surface area contributed by atoms with Crippen molar-refractivity contribution in [3.63, 3.8) is 0 Å². The van der Waals surface area contributed by atoms with Gasteiger partial charge in [0.2, 0.25) is 27.0 Å². The average Bonchev–Trinajstić information content (AvgIpc) is 3.80. The number of fused-ring (bicyclic) bond motifs is 4. The number of aliphatic hydroxyl groups is 2. The Labute approximate surface area is 289 Å². The summed E-state index contributed by atoms with van der Waals surface area (Å²) in [5, 5.41) is 25.7. The van der Waals surface area contributed by atoms with Gasteiger partial charge in [-0.1, -0.05) is 13.8 Å². The van der Waals surface area contributed by atoms with Crippen LogP contribution in [-0.4, -0.2) is 121 Å². The van der Waals surface area contributed by atoms with Gasteiger partial charge in [0.1, 0.15) is 36.6 Å². The quantitative estimate of drug-likeness (QED) is 0.104. The van der Waals surface area contributed by atoms with E-state index in [0.717, 1.165) is 12.7 Å². The van der Waals surface area contributed by atoms with E-state index >= 15 is 0 Å². The first kappa shape index (κ1) is 36.0. The van der Waals surface area contributed by atoms with Gasteiger partial charge in [-0.05, 0) is 12.3 Å². The maximum Gasteiger partial charge on any atom is 0.280 e. The fourth-order valence-electron chi connectivity index (χ4n) is 5.99. The number of aromatic amines is 2. The molecule has 0 amide bonds. The standard InChI is InChI=1S/C25H32B2N10O12P2/c1-9(2)3-4-29-25-33-19-13(21(41)35-25)31-8-37(19)23-15(39)17-11(47-23)6-45-50(26,42)48-16-10(5-44-51(27,43)49-17)46-22(14(16)38)36-7-30-12-18(36)32-24(28)34-20(12)40/h7-11,14-17,22-23,38-39H,3-6H2,1-2H3,(H3,28,32,34,40)(H2,29,33,35,41)/t10-,11+,14-,15+,16-,17+,22-,23+,50?,51?/m0/s1. The second-order valence-electron chi connectivity index (χ2n) is 12.5. The number of hydrogen-bond acceptors (Lipinski definition) is 18. The van der Waals surface area contributed by atoms with E-state index in [1.165, 1.54) is 15.5 Å². The molecule has 4 aromatic heterocycles. The summed E-state index contributed by atoms with van der Waals surface area (Å²) in [6.45, 7) is 3.25. The van der Waals surface area contributed by atoms with Gasteiger partial charge in [-0.15, -0.1) is 0 Å². The predicted molar refractivity (Wildman–Crippen MR) is 177 cm³/mol. The van der Waals surface area contributed by atoms with Crippen LogP contribution >= 0.6 is 14.9 Å². The molecule has 51 heavy (non-hydrogen) atoms. The fourth-order valence-corrected chi connectivity index (χ4v) is 8.02. The molecule has 10 atom stereocenters. The van der Waals surface area contributed by atoms with E-state index in [0.29, 0.717) is 12.5 Å². The highest BCUT2D eigenvalue weighted by Gasteiger charge is 2.52. The smallest absolute Gasteiger partial charge is 0.280 e. The normalized spacial score (nSPS) is 34.7. The topological polar surface area (TPSA) is 295 Å². The molecule has 0 aromatic carbocycles. The largest absolute Gasteiger partial charge is 0.386 e. The summed E-state index contributed by atoms with van der Waals surface area (Å²) in [6.07, 6.45) is -8.72. The van der Waals surface area contributed by atoms with Crippen molar-refractivity contribution < 1.29 is 46.9 Å². The van der Waals surface area contributed by atoms with Gasteiger partial charge in [-0.3, -0.25) is 37.8 Å². The summed E-state index contributed by atoms with van der Waals surface area (Å²) < 4.78 is 63.3. The SMILES string of the molecule is [B]P1(=O)OC[C@H]2O[C@@H](n3cnc4c(=O)[nH]c(NCCC(C)C)nc43)[C@H](O)[C@@H]2OP([B])(=O)OC[C@@H]2O[C@H](n3cnc4c(=O)[nH]c(N)nc43)[C@@H](O)[C@H]2O1. The minimum atomic E-state index is -4.58. The number of rotatable bonds is 6. The number of imidazole rings is 2. The lowest BCUT2D eigenvalue weighted by molar-refractivity contribution is -0.0564. The zero-order valence-corrected chi connectivity index (χ0v) is 28.8. The Kier molecular flexibility index (Phi) is 9.53. The molecule has 0 spiro atoms. The Morgan fingerprint density at radius 3 is 1.90 bits per heavy atom. The van der Waals surface area contributed by atoms with E-state index in [9.17, 15) is 28.9 Å². The molecule has 3 aliphatic heterocycles. The van der Waals surface area contributed by atoms with Crippen molar-refractivity contribution in [1.29, 1.82) is 0 Å². The molecule has 0 aliphatic carbocycles. The highest BCUT2D eigenvalue weighted by molar-refractivity contribution is 7.79. The summed E-state index contributed by atoms with van der Waals surface area (Å²) in [6, 6.07) is 0. The Hall–Kier alpha value is -3.43. The first-order valence-electron chi connectivity index (χ1n) is 15.6.